The Morgan fingerprint density at radius 1 is 1.47 bits per heavy atom. The van der Waals surface area contributed by atoms with Crippen LogP contribution in [0.15, 0.2) is 16.6 Å². The molecule has 5 nitrogen and oxygen atoms in total. The third-order valence-corrected chi connectivity index (χ3v) is 5.33. The Balaban J connectivity index is 2.25. The molecular formula is C12H16BrNO4S. The minimum absolute atomic E-state index is 0.0568. The van der Waals surface area contributed by atoms with Crippen LogP contribution in [-0.4, -0.2) is 33.1 Å². The second kappa shape index (κ2) is 5.68. The molecule has 2 N–H and O–H groups in total. The van der Waals surface area contributed by atoms with Gasteiger partial charge in [0.05, 0.1) is 23.1 Å². The lowest BCUT2D eigenvalue weighted by Gasteiger charge is -2.17. The van der Waals surface area contributed by atoms with E-state index in [-0.39, 0.29) is 17.6 Å². The fourth-order valence-electron chi connectivity index (χ4n) is 2.03. The standard InChI is InChI=1S/C12H16BrNO4S/c1-17-11-5-8(6-14)4-10(13)12(11)18-9-2-3-19(15,16)7-9/h4-5,9H,2-3,6-7,14H2,1H3. The summed E-state index contributed by atoms with van der Waals surface area (Å²) in [6.07, 6.45) is 0.190. The molecule has 2 rings (SSSR count). The van der Waals surface area contributed by atoms with Gasteiger partial charge in [-0.15, -0.1) is 0 Å². The highest BCUT2D eigenvalue weighted by Crippen LogP contribution is 2.38. The van der Waals surface area contributed by atoms with Gasteiger partial charge in [0.2, 0.25) is 0 Å². The van der Waals surface area contributed by atoms with E-state index in [9.17, 15) is 8.42 Å². The monoisotopic (exact) mass is 349 g/mol. The smallest absolute Gasteiger partial charge is 0.175 e. The highest BCUT2D eigenvalue weighted by Gasteiger charge is 2.30. The molecule has 106 valence electrons. The third-order valence-electron chi connectivity index (χ3n) is 3.00. The molecule has 0 aliphatic carbocycles. The van der Waals surface area contributed by atoms with Gasteiger partial charge in [0.1, 0.15) is 6.10 Å². The van der Waals surface area contributed by atoms with Gasteiger partial charge < -0.3 is 15.2 Å². The Hall–Kier alpha value is -0.790. The second-order valence-electron chi connectivity index (χ2n) is 4.46. The number of hydrogen-bond acceptors (Lipinski definition) is 5. The molecule has 1 aliphatic heterocycles. The predicted octanol–water partition coefficient (Wildman–Crippen LogP) is 1.48. The Labute approximate surface area is 121 Å². The summed E-state index contributed by atoms with van der Waals surface area (Å²) >= 11 is 3.41. The zero-order valence-corrected chi connectivity index (χ0v) is 13.0. The largest absolute Gasteiger partial charge is 0.493 e. The van der Waals surface area contributed by atoms with Crippen molar-refractivity contribution in [2.75, 3.05) is 18.6 Å². The molecule has 0 aromatic heterocycles. The first kappa shape index (κ1) is 14.6. The molecule has 1 fully saturated rings. The molecule has 19 heavy (non-hydrogen) atoms. The first-order chi connectivity index (χ1) is 8.95. The predicted molar refractivity (Wildman–Crippen MR) is 76.3 cm³/mol. The summed E-state index contributed by atoms with van der Waals surface area (Å²) in [5.74, 6) is 1.32. The maximum Gasteiger partial charge on any atom is 0.175 e. The van der Waals surface area contributed by atoms with Crippen LogP contribution in [0.5, 0.6) is 11.5 Å². The third kappa shape index (κ3) is 3.40. The summed E-state index contributed by atoms with van der Waals surface area (Å²) in [7, 11) is -1.42. The van der Waals surface area contributed by atoms with E-state index >= 15 is 0 Å². The fourth-order valence-corrected chi connectivity index (χ4v) is 4.20. The van der Waals surface area contributed by atoms with E-state index in [4.69, 9.17) is 15.2 Å². The molecule has 0 saturated carbocycles. The summed E-state index contributed by atoms with van der Waals surface area (Å²) < 4.78 is 34.6. The number of halogens is 1. The average molecular weight is 350 g/mol. The number of sulfone groups is 1. The lowest BCUT2D eigenvalue weighted by Crippen LogP contribution is -2.18. The molecule has 1 saturated heterocycles. The number of hydrogen-bond donors (Lipinski definition) is 1. The number of benzene rings is 1. The fraction of sp³-hybridized carbons (Fsp3) is 0.500. The Morgan fingerprint density at radius 2 is 2.21 bits per heavy atom. The van der Waals surface area contributed by atoms with Crippen LogP contribution in [0.2, 0.25) is 0 Å². The quantitative estimate of drug-likeness (QED) is 0.890. The van der Waals surface area contributed by atoms with E-state index in [0.717, 1.165) is 10.0 Å². The molecule has 7 heteroatoms. The van der Waals surface area contributed by atoms with Crippen LogP contribution in [0.25, 0.3) is 0 Å². The molecule has 0 bridgehead atoms. The molecule has 1 aromatic carbocycles. The van der Waals surface area contributed by atoms with Crippen molar-refractivity contribution >= 4 is 25.8 Å². The lowest BCUT2D eigenvalue weighted by atomic mass is 10.2. The van der Waals surface area contributed by atoms with Crippen LogP contribution in [0, 0.1) is 0 Å². The molecule has 0 spiro atoms. The topological polar surface area (TPSA) is 78.6 Å². The number of ether oxygens (including phenoxy) is 2. The van der Waals surface area contributed by atoms with Crippen molar-refractivity contribution in [3.63, 3.8) is 0 Å². The molecular weight excluding hydrogens is 334 g/mol. The van der Waals surface area contributed by atoms with E-state index in [1.165, 1.54) is 0 Å². The van der Waals surface area contributed by atoms with E-state index in [1.54, 1.807) is 13.2 Å². The first-order valence-corrected chi connectivity index (χ1v) is 8.50. The van der Waals surface area contributed by atoms with Crippen LogP contribution in [0.4, 0.5) is 0 Å². The number of nitrogens with two attached hydrogens (primary N) is 1. The van der Waals surface area contributed by atoms with Crippen LogP contribution in [0.1, 0.15) is 12.0 Å². The van der Waals surface area contributed by atoms with Gasteiger partial charge in [0, 0.05) is 6.54 Å². The second-order valence-corrected chi connectivity index (χ2v) is 7.54. The number of methoxy groups -OCH3 is 1. The zero-order valence-electron chi connectivity index (χ0n) is 10.6. The van der Waals surface area contributed by atoms with Crippen molar-refractivity contribution in [1.82, 2.24) is 0 Å². The Morgan fingerprint density at radius 3 is 2.74 bits per heavy atom. The van der Waals surface area contributed by atoms with Crippen molar-refractivity contribution in [2.45, 2.75) is 19.1 Å². The van der Waals surface area contributed by atoms with Gasteiger partial charge >= 0.3 is 0 Å². The summed E-state index contributed by atoms with van der Waals surface area (Å²) in [6.45, 7) is 0.396. The van der Waals surface area contributed by atoms with Crippen molar-refractivity contribution in [3.8, 4) is 11.5 Å². The minimum Gasteiger partial charge on any atom is -0.493 e. The molecule has 1 aliphatic rings. The van der Waals surface area contributed by atoms with Gasteiger partial charge in [0.25, 0.3) is 0 Å². The van der Waals surface area contributed by atoms with Crippen molar-refractivity contribution in [1.29, 1.82) is 0 Å². The normalized spacial score (nSPS) is 21.3. The van der Waals surface area contributed by atoms with Gasteiger partial charge in [-0.1, -0.05) is 0 Å². The summed E-state index contributed by atoms with van der Waals surface area (Å²) in [5.41, 5.74) is 6.51. The Bertz CT molecular complexity index is 573. The minimum atomic E-state index is -2.96. The van der Waals surface area contributed by atoms with Crippen molar-refractivity contribution in [2.24, 2.45) is 5.73 Å². The van der Waals surface area contributed by atoms with Gasteiger partial charge in [-0.05, 0) is 40.0 Å². The molecule has 1 aromatic rings. The summed E-state index contributed by atoms with van der Waals surface area (Å²) in [5, 5.41) is 0. The van der Waals surface area contributed by atoms with E-state index in [1.807, 2.05) is 6.07 Å². The van der Waals surface area contributed by atoms with Gasteiger partial charge in [-0.3, -0.25) is 0 Å². The first-order valence-electron chi connectivity index (χ1n) is 5.88. The SMILES string of the molecule is COc1cc(CN)cc(Br)c1OC1CCS(=O)(=O)C1. The van der Waals surface area contributed by atoms with Gasteiger partial charge in [-0.25, -0.2) is 8.42 Å². The average Bonchev–Trinajstić information content (AvgIpc) is 2.71. The summed E-state index contributed by atoms with van der Waals surface area (Å²) in [4.78, 5) is 0. The highest BCUT2D eigenvalue weighted by molar-refractivity contribution is 9.10. The summed E-state index contributed by atoms with van der Waals surface area (Å²) in [6, 6.07) is 3.64. The van der Waals surface area contributed by atoms with Crippen LogP contribution in [-0.2, 0) is 16.4 Å². The molecule has 0 amide bonds. The zero-order chi connectivity index (χ0) is 14.0. The lowest BCUT2D eigenvalue weighted by molar-refractivity contribution is 0.216. The van der Waals surface area contributed by atoms with E-state index in [2.05, 4.69) is 15.9 Å². The van der Waals surface area contributed by atoms with Crippen LogP contribution < -0.4 is 15.2 Å². The Kier molecular flexibility index (Phi) is 4.37. The molecule has 0 radical (unpaired) electrons. The molecule has 1 atom stereocenters. The number of rotatable bonds is 4. The van der Waals surface area contributed by atoms with E-state index < -0.39 is 9.84 Å². The van der Waals surface area contributed by atoms with Crippen LogP contribution >= 0.6 is 15.9 Å². The molecule has 1 heterocycles. The van der Waals surface area contributed by atoms with E-state index in [0.29, 0.717) is 24.5 Å². The van der Waals surface area contributed by atoms with Gasteiger partial charge in [0.15, 0.2) is 21.3 Å². The van der Waals surface area contributed by atoms with Crippen molar-refractivity contribution in [3.05, 3.63) is 22.2 Å². The maximum absolute atomic E-state index is 11.4. The van der Waals surface area contributed by atoms with Crippen molar-refractivity contribution < 1.29 is 17.9 Å². The molecule has 1 unspecified atom stereocenters. The van der Waals surface area contributed by atoms with Gasteiger partial charge in [-0.2, -0.15) is 0 Å². The maximum atomic E-state index is 11.4. The van der Waals surface area contributed by atoms with Crippen LogP contribution in [0.3, 0.4) is 0 Å². The highest BCUT2D eigenvalue weighted by atomic mass is 79.9.